The van der Waals surface area contributed by atoms with Crippen LogP contribution in [0.5, 0.6) is 0 Å². The number of likely N-dealkylation sites (tertiary alicyclic amines) is 1. The third-order valence-electron chi connectivity index (χ3n) is 2.76. The molecular formula is C10H15N3O. The minimum atomic E-state index is 0.00241. The molecule has 4 nitrogen and oxygen atoms in total. The summed E-state index contributed by atoms with van der Waals surface area (Å²) in [5, 5.41) is 0. The Bertz CT molecular complexity index is 345. The van der Waals surface area contributed by atoms with Gasteiger partial charge in [0.25, 0.3) is 0 Å². The van der Waals surface area contributed by atoms with Crippen LogP contribution in [0, 0.1) is 0 Å². The minimum Gasteiger partial charge on any atom is -0.339 e. The van der Waals surface area contributed by atoms with Gasteiger partial charge < -0.3 is 9.88 Å². The van der Waals surface area contributed by atoms with Crippen molar-refractivity contribution in [3.63, 3.8) is 0 Å². The monoisotopic (exact) mass is 193 g/mol. The number of H-pyrrole nitrogens is 1. The maximum atomic E-state index is 11.0. The second-order valence-electron chi connectivity index (χ2n) is 3.99. The van der Waals surface area contributed by atoms with Crippen LogP contribution >= 0.6 is 0 Å². The van der Waals surface area contributed by atoms with Crippen LogP contribution in [0.1, 0.15) is 35.6 Å². The van der Waals surface area contributed by atoms with E-state index in [1.54, 1.807) is 6.20 Å². The van der Waals surface area contributed by atoms with Crippen molar-refractivity contribution >= 4 is 5.78 Å². The van der Waals surface area contributed by atoms with Crippen LogP contribution in [0.4, 0.5) is 0 Å². The van der Waals surface area contributed by atoms with Gasteiger partial charge in [-0.3, -0.25) is 4.79 Å². The summed E-state index contributed by atoms with van der Waals surface area (Å²) >= 11 is 0. The molecular weight excluding hydrogens is 178 g/mol. The molecule has 0 bridgehead atoms. The Morgan fingerprint density at radius 2 is 2.50 bits per heavy atom. The predicted octanol–water partition coefficient (Wildman–Crippen LogP) is 1.03. The van der Waals surface area contributed by atoms with Crippen LogP contribution in [0.25, 0.3) is 0 Å². The van der Waals surface area contributed by atoms with Gasteiger partial charge in [-0.15, -0.1) is 0 Å². The maximum absolute atomic E-state index is 11.0. The number of aromatic nitrogens is 2. The van der Waals surface area contributed by atoms with Crippen molar-refractivity contribution in [3.8, 4) is 0 Å². The third-order valence-corrected chi connectivity index (χ3v) is 2.76. The van der Waals surface area contributed by atoms with Gasteiger partial charge in [-0.25, -0.2) is 4.98 Å². The Morgan fingerprint density at radius 3 is 3.00 bits per heavy atom. The Hall–Kier alpha value is -1.16. The number of nitrogens with zero attached hydrogens (tertiary/aromatic N) is 2. The smallest absolute Gasteiger partial charge is 0.194 e. The molecule has 0 radical (unpaired) electrons. The lowest BCUT2D eigenvalue weighted by atomic mass is 10.1. The molecule has 1 aromatic heterocycles. The van der Waals surface area contributed by atoms with E-state index in [0.717, 1.165) is 25.2 Å². The zero-order chi connectivity index (χ0) is 10.1. The standard InChI is InChI=1S/C10H15N3O/c1-7(14)10-11-5-9(12-10)8-3-4-13(2)6-8/h5,8H,3-4,6H2,1-2H3,(H,11,12). The molecule has 1 aromatic rings. The zero-order valence-electron chi connectivity index (χ0n) is 8.58. The van der Waals surface area contributed by atoms with Gasteiger partial charge in [0, 0.05) is 31.3 Å². The molecule has 1 aliphatic rings. The van der Waals surface area contributed by atoms with Crippen molar-refractivity contribution in [2.24, 2.45) is 0 Å². The first-order chi connectivity index (χ1) is 6.66. The van der Waals surface area contributed by atoms with Crippen molar-refractivity contribution in [2.45, 2.75) is 19.3 Å². The van der Waals surface area contributed by atoms with Crippen LogP contribution in [0.3, 0.4) is 0 Å². The van der Waals surface area contributed by atoms with E-state index >= 15 is 0 Å². The molecule has 1 fully saturated rings. The van der Waals surface area contributed by atoms with Crippen molar-refractivity contribution in [1.29, 1.82) is 0 Å². The quantitative estimate of drug-likeness (QED) is 0.714. The highest BCUT2D eigenvalue weighted by Gasteiger charge is 2.22. The fourth-order valence-corrected chi connectivity index (χ4v) is 1.91. The van der Waals surface area contributed by atoms with Crippen LogP contribution in [-0.4, -0.2) is 40.8 Å². The van der Waals surface area contributed by atoms with Gasteiger partial charge >= 0.3 is 0 Å². The van der Waals surface area contributed by atoms with E-state index in [4.69, 9.17) is 0 Å². The summed E-state index contributed by atoms with van der Waals surface area (Å²) in [6.45, 7) is 3.71. The molecule has 2 rings (SSSR count). The summed E-state index contributed by atoms with van der Waals surface area (Å²) in [5.41, 5.74) is 1.10. The van der Waals surface area contributed by atoms with Crippen LogP contribution in [0.2, 0.25) is 0 Å². The van der Waals surface area contributed by atoms with Gasteiger partial charge in [-0.1, -0.05) is 0 Å². The summed E-state index contributed by atoms with van der Waals surface area (Å²) in [6.07, 6.45) is 2.94. The molecule has 0 spiro atoms. The van der Waals surface area contributed by atoms with Crippen molar-refractivity contribution in [2.75, 3.05) is 20.1 Å². The topological polar surface area (TPSA) is 49.0 Å². The number of likely N-dealkylation sites (N-methyl/N-ethyl adjacent to an activating group) is 1. The normalized spacial score (nSPS) is 22.9. The number of carbonyl (C=O) groups excluding carboxylic acids is 1. The molecule has 1 unspecified atom stereocenters. The van der Waals surface area contributed by atoms with Gasteiger partial charge in [0.05, 0.1) is 0 Å². The first-order valence-corrected chi connectivity index (χ1v) is 4.91. The number of hydrogen-bond acceptors (Lipinski definition) is 3. The van der Waals surface area contributed by atoms with Crippen molar-refractivity contribution in [3.05, 3.63) is 17.7 Å². The lowest BCUT2D eigenvalue weighted by Crippen LogP contribution is -2.13. The average molecular weight is 193 g/mol. The molecule has 4 heteroatoms. The molecule has 1 atom stereocenters. The molecule has 2 heterocycles. The fourth-order valence-electron chi connectivity index (χ4n) is 1.91. The van der Waals surface area contributed by atoms with E-state index in [2.05, 4.69) is 21.9 Å². The molecule has 76 valence electrons. The van der Waals surface area contributed by atoms with Gasteiger partial charge in [0.15, 0.2) is 11.6 Å². The molecule has 1 aliphatic heterocycles. The number of nitrogens with one attached hydrogen (secondary N) is 1. The highest BCUT2D eigenvalue weighted by atomic mass is 16.1. The fraction of sp³-hybridized carbons (Fsp3) is 0.600. The van der Waals surface area contributed by atoms with Crippen molar-refractivity contribution in [1.82, 2.24) is 14.9 Å². The van der Waals surface area contributed by atoms with E-state index in [1.165, 1.54) is 6.92 Å². The van der Waals surface area contributed by atoms with Crippen LogP contribution in [-0.2, 0) is 0 Å². The Labute approximate surface area is 83.3 Å². The summed E-state index contributed by atoms with van der Waals surface area (Å²) in [7, 11) is 2.11. The largest absolute Gasteiger partial charge is 0.339 e. The zero-order valence-corrected chi connectivity index (χ0v) is 8.58. The Kier molecular flexibility index (Phi) is 2.37. The molecule has 0 amide bonds. The van der Waals surface area contributed by atoms with Gasteiger partial charge in [-0.05, 0) is 20.0 Å². The Balaban J connectivity index is 2.13. The SMILES string of the molecule is CC(=O)c1ncc(C2CCN(C)C2)[nH]1. The number of hydrogen-bond donors (Lipinski definition) is 1. The van der Waals surface area contributed by atoms with Gasteiger partial charge in [-0.2, -0.15) is 0 Å². The number of Topliss-reactive ketones (excluding diaryl/α,β-unsaturated/α-hetero) is 1. The second-order valence-corrected chi connectivity index (χ2v) is 3.99. The lowest BCUT2D eigenvalue weighted by molar-refractivity contribution is 0.100. The minimum absolute atomic E-state index is 0.00241. The average Bonchev–Trinajstić information content (AvgIpc) is 2.70. The third kappa shape index (κ3) is 1.70. The molecule has 0 saturated carbocycles. The molecule has 14 heavy (non-hydrogen) atoms. The van der Waals surface area contributed by atoms with E-state index in [0.29, 0.717) is 11.7 Å². The number of carbonyl (C=O) groups is 1. The molecule has 1 N–H and O–H groups in total. The predicted molar refractivity (Wildman–Crippen MR) is 53.4 cm³/mol. The number of aromatic amines is 1. The number of rotatable bonds is 2. The highest BCUT2D eigenvalue weighted by molar-refractivity contribution is 5.90. The summed E-state index contributed by atoms with van der Waals surface area (Å²) in [4.78, 5) is 20.5. The maximum Gasteiger partial charge on any atom is 0.194 e. The lowest BCUT2D eigenvalue weighted by Gasteiger charge is -2.07. The molecule has 0 aliphatic carbocycles. The molecule has 0 aromatic carbocycles. The second kappa shape index (κ2) is 3.53. The highest BCUT2D eigenvalue weighted by Crippen LogP contribution is 2.24. The van der Waals surface area contributed by atoms with E-state index in [1.807, 2.05) is 0 Å². The summed E-state index contributed by atoms with van der Waals surface area (Å²) in [5.74, 6) is 0.998. The van der Waals surface area contributed by atoms with E-state index in [9.17, 15) is 4.79 Å². The van der Waals surface area contributed by atoms with Crippen molar-refractivity contribution < 1.29 is 4.79 Å². The van der Waals surface area contributed by atoms with Gasteiger partial charge in [0.1, 0.15) is 0 Å². The summed E-state index contributed by atoms with van der Waals surface area (Å²) < 4.78 is 0. The summed E-state index contributed by atoms with van der Waals surface area (Å²) in [6, 6.07) is 0. The van der Waals surface area contributed by atoms with Gasteiger partial charge in [0.2, 0.25) is 0 Å². The van der Waals surface area contributed by atoms with E-state index in [-0.39, 0.29) is 5.78 Å². The Morgan fingerprint density at radius 1 is 1.71 bits per heavy atom. The first kappa shape index (κ1) is 9.40. The number of imidazole rings is 1. The van der Waals surface area contributed by atoms with E-state index < -0.39 is 0 Å². The van der Waals surface area contributed by atoms with Crippen LogP contribution < -0.4 is 0 Å². The number of ketones is 1. The molecule has 1 saturated heterocycles. The first-order valence-electron chi connectivity index (χ1n) is 4.91. The van der Waals surface area contributed by atoms with Crippen LogP contribution in [0.15, 0.2) is 6.20 Å².